The number of allylic oxidation sites excluding steroid dienone is 6. The van der Waals surface area contributed by atoms with Gasteiger partial charge in [-0.05, 0) is 69.1 Å². The fraction of sp³-hybridized carbons (Fsp3) is 0.486. The second kappa shape index (κ2) is 18.9. The van der Waals surface area contributed by atoms with Gasteiger partial charge in [0.2, 0.25) is 11.8 Å². The molecule has 1 aromatic rings. The van der Waals surface area contributed by atoms with Gasteiger partial charge in [0.15, 0.2) is 0 Å². The van der Waals surface area contributed by atoms with Gasteiger partial charge in [0, 0.05) is 31.1 Å². The van der Waals surface area contributed by atoms with Crippen LogP contribution >= 0.6 is 0 Å². The Bertz CT molecular complexity index is 1390. The minimum absolute atomic E-state index is 0.0112. The number of benzene rings is 1. The Morgan fingerprint density at radius 3 is 2.53 bits per heavy atom. The predicted molar refractivity (Wildman–Crippen MR) is 182 cm³/mol. The topological polar surface area (TPSA) is 154 Å². The van der Waals surface area contributed by atoms with E-state index in [0.717, 1.165) is 19.3 Å². The number of aliphatic hydroxyl groups excluding tert-OH is 1. The fourth-order valence-electron chi connectivity index (χ4n) is 5.60. The molecule has 5 unspecified atom stereocenters. The van der Waals surface area contributed by atoms with Crippen molar-refractivity contribution < 1.29 is 39.2 Å². The van der Waals surface area contributed by atoms with Crippen LogP contribution < -0.4 is 10.6 Å². The van der Waals surface area contributed by atoms with Gasteiger partial charge < -0.3 is 35.4 Å². The summed E-state index contributed by atoms with van der Waals surface area (Å²) in [6.45, 7) is 5.41. The minimum Gasteiger partial charge on any atom is -0.508 e. The molecule has 10 heteroatoms. The quantitative estimate of drug-likeness (QED) is 0.114. The lowest BCUT2D eigenvalue weighted by atomic mass is 9.90. The van der Waals surface area contributed by atoms with E-state index in [1.807, 2.05) is 32.1 Å². The van der Waals surface area contributed by atoms with Gasteiger partial charge in [-0.15, -0.1) is 0 Å². The largest absolute Gasteiger partial charge is 0.508 e. The van der Waals surface area contributed by atoms with Gasteiger partial charge >= 0.3 is 5.97 Å². The maximum atomic E-state index is 13.4. The van der Waals surface area contributed by atoms with Crippen molar-refractivity contribution in [2.75, 3.05) is 12.4 Å². The number of carbonyl (C=O) groups is 3. The predicted octanol–water partition coefficient (Wildman–Crippen LogP) is 5.70. The highest BCUT2D eigenvalue weighted by Crippen LogP contribution is 2.34. The van der Waals surface area contributed by atoms with E-state index in [0.29, 0.717) is 48.8 Å². The number of carbonyl (C=O) groups excluding carboxylic acids is 3. The third kappa shape index (κ3) is 11.6. The number of fused-ring (bicyclic) bond motifs is 2. The first-order valence-electron chi connectivity index (χ1n) is 16.5. The molecule has 3 rings (SSSR count). The number of aliphatic hydroxyl groups is 1. The second-order valence-electron chi connectivity index (χ2n) is 12.1. The summed E-state index contributed by atoms with van der Waals surface area (Å²) in [4.78, 5) is 38.9. The summed E-state index contributed by atoms with van der Waals surface area (Å²) >= 11 is 0. The molecule has 1 aromatic carbocycles. The van der Waals surface area contributed by atoms with Gasteiger partial charge in [0.05, 0.1) is 24.3 Å². The zero-order chi connectivity index (χ0) is 34.3. The van der Waals surface area contributed by atoms with Crippen LogP contribution in [0.3, 0.4) is 0 Å². The minimum atomic E-state index is -0.950. The lowest BCUT2D eigenvalue weighted by Gasteiger charge is -2.29. The van der Waals surface area contributed by atoms with Crippen LogP contribution in [0.15, 0.2) is 71.9 Å². The molecular weight excluding hydrogens is 600 g/mol. The number of phenols is 2. The number of ether oxygens (including phenoxy) is 2. The van der Waals surface area contributed by atoms with Gasteiger partial charge in [0.25, 0.3) is 0 Å². The first-order valence-corrected chi connectivity index (χ1v) is 16.5. The van der Waals surface area contributed by atoms with Gasteiger partial charge in [-0.1, -0.05) is 62.5 Å². The molecule has 1 aliphatic heterocycles. The van der Waals surface area contributed by atoms with Crippen molar-refractivity contribution in [1.29, 1.82) is 0 Å². The molecule has 2 bridgehead atoms. The number of hydrogen-bond donors (Lipinski definition) is 5. The SMILES string of the molecule is CCC(NC(=O)C1=CCCCC1)C(=O)OC1C/C=C/C=C/C=C/C(OC)CC(=O)Nc2cc(O)cc(c2O)CC/C=C(/C)C(O)C1C. The number of esters is 1. The Morgan fingerprint density at radius 2 is 1.83 bits per heavy atom. The van der Waals surface area contributed by atoms with Crippen LogP contribution in [-0.2, 0) is 30.3 Å². The number of hydrogen-bond acceptors (Lipinski definition) is 8. The summed E-state index contributed by atoms with van der Waals surface area (Å²) in [6, 6.07) is 1.90. The number of nitrogens with one attached hydrogen (secondary N) is 2. The average Bonchev–Trinajstić information content (AvgIpc) is 3.06. The Kier molecular flexibility index (Phi) is 15.0. The third-order valence-corrected chi connectivity index (χ3v) is 8.58. The average molecular weight is 651 g/mol. The fourth-order valence-corrected chi connectivity index (χ4v) is 5.60. The lowest BCUT2D eigenvalue weighted by Crippen LogP contribution is -2.45. The summed E-state index contributed by atoms with van der Waals surface area (Å²) in [6.07, 6.45) is 17.2. The van der Waals surface area contributed by atoms with Gasteiger partial charge in [-0.2, -0.15) is 0 Å². The number of aromatic hydroxyl groups is 2. The Balaban J connectivity index is 1.85. The van der Waals surface area contributed by atoms with Crippen molar-refractivity contribution >= 4 is 23.5 Å². The summed E-state index contributed by atoms with van der Waals surface area (Å²) in [5, 5.41) is 37.9. The molecule has 0 radical (unpaired) electrons. The number of methoxy groups -OCH3 is 1. The van der Waals surface area contributed by atoms with Crippen LogP contribution in [-0.4, -0.2) is 64.6 Å². The van der Waals surface area contributed by atoms with Gasteiger partial charge in [-0.25, -0.2) is 4.79 Å². The Hall–Kier alpha value is -4.15. The monoisotopic (exact) mass is 650 g/mol. The first kappa shape index (κ1) is 37.3. The van der Waals surface area contributed by atoms with Crippen LogP contribution in [0.5, 0.6) is 11.5 Å². The van der Waals surface area contributed by atoms with Gasteiger partial charge in [-0.3, -0.25) is 9.59 Å². The van der Waals surface area contributed by atoms with Crippen molar-refractivity contribution in [3.05, 3.63) is 77.5 Å². The molecule has 0 saturated heterocycles. The van der Waals surface area contributed by atoms with E-state index < -0.39 is 42.1 Å². The number of phenolic OH excluding ortho intramolecular Hbond substituents is 2. The van der Waals surface area contributed by atoms with E-state index in [2.05, 4.69) is 10.6 Å². The van der Waals surface area contributed by atoms with Crippen molar-refractivity contribution in [3.8, 4) is 11.5 Å². The molecule has 256 valence electrons. The van der Waals surface area contributed by atoms with Crippen molar-refractivity contribution in [2.24, 2.45) is 5.92 Å². The second-order valence-corrected chi connectivity index (χ2v) is 12.1. The molecule has 5 atom stereocenters. The Labute approximate surface area is 277 Å². The summed E-state index contributed by atoms with van der Waals surface area (Å²) in [5.41, 5.74) is 1.88. The first-order chi connectivity index (χ1) is 22.5. The number of anilines is 1. The van der Waals surface area contributed by atoms with E-state index in [9.17, 15) is 29.7 Å². The van der Waals surface area contributed by atoms with Crippen molar-refractivity contribution in [3.63, 3.8) is 0 Å². The standard InChI is InChI=1S/C37H50N2O8/c1-5-30(39-36(44)26-16-10-9-11-17-26)37(45)47-32-20-13-8-6-7-12-19-29(46-4)23-33(41)38-31-22-28(40)21-27(35(31)43)18-14-15-24(2)34(42)25(32)3/h6-8,12-13,15-16,19,21-22,25,29-30,32,34,40,42-43H,5,9-11,14,17-18,20,23H2,1-4H3,(H,38,41)(H,39,44)/b7-6+,13-8+,19-12+,24-15-. The maximum Gasteiger partial charge on any atom is 0.328 e. The summed E-state index contributed by atoms with van der Waals surface area (Å²) < 4.78 is 11.4. The van der Waals surface area contributed by atoms with Crippen molar-refractivity contribution in [2.45, 2.75) is 103 Å². The van der Waals surface area contributed by atoms with Crippen molar-refractivity contribution in [1.82, 2.24) is 5.32 Å². The molecule has 1 aliphatic carbocycles. The molecule has 0 fully saturated rings. The lowest BCUT2D eigenvalue weighted by molar-refractivity contribution is -0.156. The highest BCUT2D eigenvalue weighted by atomic mass is 16.5. The van der Waals surface area contributed by atoms with E-state index in [-0.39, 0.29) is 29.5 Å². The van der Waals surface area contributed by atoms with Crippen LogP contribution in [0.25, 0.3) is 0 Å². The van der Waals surface area contributed by atoms with E-state index in [1.165, 1.54) is 19.2 Å². The van der Waals surface area contributed by atoms with Crippen LogP contribution in [0.1, 0.15) is 77.7 Å². The molecule has 0 aromatic heterocycles. The molecule has 2 aliphatic rings. The maximum absolute atomic E-state index is 13.4. The summed E-state index contributed by atoms with van der Waals surface area (Å²) in [7, 11) is 1.49. The molecule has 5 N–H and O–H groups in total. The number of amides is 2. The highest BCUT2D eigenvalue weighted by molar-refractivity contribution is 5.96. The highest BCUT2D eigenvalue weighted by Gasteiger charge is 2.31. The number of aryl methyl sites for hydroxylation is 1. The Morgan fingerprint density at radius 1 is 1.06 bits per heavy atom. The zero-order valence-corrected chi connectivity index (χ0v) is 27.9. The third-order valence-electron chi connectivity index (χ3n) is 8.58. The summed E-state index contributed by atoms with van der Waals surface area (Å²) in [5.74, 6) is -1.94. The van der Waals surface area contributed by atoms with Crippen LogP contribution in [0.4, 0.5) is 5.69 Å². The normalized spacial score (nSPS) is 27.0. The molecule has 0 spiro atoms. The molecule has 1 heterocycles. The number of rotatable bonds is 6. The van der Waals surface area contributed by atoms with Crippen LogP contribution in [0, 0.1) is 5.92 Å². The van der Waals surface area contributed by atoms with E-state index in [1.54, 1.807) is 37.3 Å². The molecular formula is C37H50N2O8. The zero-order valence-electron chi connectivity index (χ0n) is 27.9. The molecule has 0 saturated carbocycles. The molecule has 47 heavy (non-hydrogen) atoms. The molecule has 2 amide bonds. The molecule has 10 nitrogen and oxygen atoms in total. The van der Waals surface area contributed by atoms with Crippen LogP contribution in [0.2, 0.25) is 0 Å². The smallest absolute Gasteiger partial charge is 0.328 e. The van der Waals surface area contributed by atoms with E-state index in [4.69, 9.17) is 9.47 Å². The van der Waals surface area contributed by atoms with Gasteiger partial charge in [0.1, 0.15) is 23.6 Å². The van der Waals surface area contributed by atoms with E-state index >= 15 is 0 Å².